The lowest BCUT2D eigenvalue weighted by Gasteiger charge is -2.17. The van der Waals surface area contributed by atoms with Crippen LogP contribution in [0.3, 0.4) is 0 Å². The van der Waals surface area contributed by atoms with Gasteiger partial charge >= 0.3 is 7.60 Å². The zero-order valence-electron chi connectivity index (χ0n) is 9.90. The Kier molecular flexibility index (Phi) is 6.11. The Labute approximate surface area is 91.1 Å². The SMILES string of the molecule is CCC(C)=C=C(C(C)O)P(=O)(OC)OC. The zero-order valence-corrected chi connectivity index (χ0v) is 10.8. The van der Waals surface area contributed by atoms with E-state index in [1.165, 1.54) is 21.1 Å². The van der Waals surface area contributed by atoms with Crippen molar-refractivity contribution in [2.24, 2.45) is 0 Å². The second-order valence-electron chi connectivity index (χ2n) is 3.18. The highest BCUT2D eigenvalue weighted by Gasteiger charge is 2.30. The van der Waals surface area contributed by atoms with E-state index in [1.807, 2.05) is 13.8 Å². The molecule has 0 aliphatic rings. The molecule has 1 atom stereocenters. The maximum atomic E-state index is 12.0. The van der Waals surface area contributed by atoms with Gasteiger partial charge in [0.25, 0.3) is 0 Å². The highest BCUT2D eigenvalue weighted by Crippen LogP contribution is 2.55. The van der Waals surface area contributed by atoms with Gasteiger partial charge in [-0.25, -0.2) is 0 Å². The van der Waals surface area contributed by atoms with Gasteiger partial charge in [-0.05, 0) is 25.8 Å². The molecule has 0 aromatic rings. The van der Waals surface area contributed by atoms with Crippen LogP contribution >= 0.6 is 7.60 Å². The van der Waals surface area contributed by atoms with E-state index < -0.39 is 13.7 Å². The Balaban J connectivity index is 5.53. The predicted molar refractivity (Wildman–Crippen MR) is 59.8 cm³/mol. The first-order valence-corrected chi connectivity index (χ1v) is 6.32. The fourth-order valence-corrected chi connectivity index (χ4v) is 2.31. The Morgan fingerprint density at radius 3 is 2.20 bits per heavy atom. The first-order valence-electron chi connectivity index (χ1n) is 4.77. The molecule has 4 nitrogen and oxygen atoms in total. The monoisotopic (exact) mass is 234 g/mol. The summed E-state index contributed by atoms with van der Waals surface area (Å²) in [5.74, 6) is 0. The summed E-state index contributed by atoms with van der Waals surface area (Å²) >= 11 is 0. The summed E-state index contributed by atoms with van der Waals surface area (Å²) in [5, 5.41) is 9.68. The van der Waals surface area contributed by atoms with E-state index in [0.717, 1.165) is 12.0 Å². The number of hydrogen-bond donors (Lipinski definition) is 1. The summed E-state index contributed by atoms with van der Waals surface area (Å²) in [6.07, 6.45) is -0.138. The lowest BCUT2D eigenvalue weighted by molar-refractivity contribution is 0.221. The largest absolute Gasteiger partial charge is 0.388 e. The number of rotatable bonds is 5. The van der Waals surface area contributed by atoms with Crippen molar-refractivity contribution in [3.05, 3.63) is 16.6 Å². The predicted octanol–water partition coefficient (Wildman–Crippen LogP) is 2.69. The minimum absolute atomic E-state index is 0.173. The van der Waals surface area contributed by atoms with Crippen molar-refractivity contribution in [1.82, 2.24) is 0 Å². The van der Waals surface area contributed by atoms with Gasteiger partial charge in [0.1, 0.15) is 5.31 Å². The Bertz CT molecular complexity index is 305. The van der Waals surface area contributed by atoms with Gasteiger partial charge in [-0.3, -0.25) is 4.57 Å². The van der Waals surface area contributed by atoms with Crippen LogP contribution in [-0.4, -0.2) is 25.4 Å². The minimum atomic E-state index is -3.38. The summed E-state index contributed by atoms with van der Waals surface area (Å²) in [4.78, 5) is 0. The van der Waals surface area contributed by atoms with Crippen LogP contribution in [0.1, 0.15) is 27.2 Å². The van der Waals surface area contributed by atoms with Crippen molar-refractivity contribution in [2.75, 3.05) is 14.2 Å². The number of hydrogen-bond acceptors (Lipinski definition) is 4. The molecule has 0 aromatic carbocycles. The van der Waals surface area contributed by atoms with Gasteiger partial charge in [-0.1, -0.05) is 6.92 Å². The van der Waals surface area contributed by atoms with E-state index >= 15 is 0 Å². The van der Waals surface area contributed by atoms with Crippen LogP contribution in [-0.2, 0) is 13.6 Å². The molecule has 0 radical (unpaired) electrons. The van der Waals surface area contributed by atoms with E-state index in [-0.39, 0.29) is 5.31 Å². The average molecular weight is 234 g/mol. The zero-order chi connectivity index (χ0) is 12.1. The third-order valence-corrected chi connectivity index (χ3v) is 4.08. The minimum Gasteiger partial charge on any atom is -0.388 e. The topological polar surface area (TPSA) is 55.8 Å². The second kappa shape index (κ2) is 6.26. The molecule has 0 saturated carbocycles. The first kappa shape index (κ1) is 14.6. The highest BCUT2D eigenvalue weighted by molar-refractivity contribution is 7.58. The third-order valence-electron chi connectivity index (χ3n) is 2.04. The van der Waals surface area contributed by atoms with Crippen LogP contribution in [0.25, 0.3) is 0 Å². The van der Waals surface area contributed by atoms with Gasteiger partial charge in [-0.2, -0.15) is 0 Å². The summed E-state index contributed by atoms with van der Waals surface area (Å²) in [7, 11) is -0.805. The molecule has 0 heterocycles. The van der Waals surface area contributed by atoms with E-state index in [4.69, 9.17) is 9.05 Å². The smallest absolute Gasteiger partial charge is 0.367 e. The summed E-state index contributed by atoms with van der Waals surface area (Å²) < 4.78 is 21.7. The van der Waals surface area contributed by atoms with Gasteiger partial charge in [0, 0.05) is 14.2 Å². The molecule has 0 aliphatic heterocycles. The molecule has 1 N–H and O–H groups in total. The van der Waals surface area contributed by atoms with Gasteiger partial charge in [0.15, 0.2) is 0 Å². The normalized spacial score (nSPS) is 13.2. The van der Waals surface area contributed by atoms with Crippen molar-refractivity contribution < 1.29 is 18.7 Å². The summed E-state index contributed by atoms with van der Waals surface area (Å²) in [6, 6.07) is 0. The van der Waals surface area contributed by atoms with Crippen molar-refractivity contribution in [1.29, 1.82) is 0 Å². The van der Waals surface area contributed by atoms with Crippen molar-refractivity contribution >= 4 is 7.60 Å². The summed E-state index contributed by atoms with van der Waals surface area (Å²) in [5.41, 5.74) is 3.77. The first-order chi connectivity index (χ1) is 6.91. The van der Waals surface area contributed by atoms with Gasteiger partial charge in [-0.15, -0.1) is 5.73 Å². The van der Waals surface area contributed by atoms with Crippen LogP contribution < -0.4 is 0 Å². The molecule has 0 aromatic heterocycles. The molecular weight excluding hydrogens is 215 g/mol. The van der Waals surface area contributed by atoms with E-state index in [2.05, 4.69) is 5.73 Å². The third kappa shape index (κ3) is 3.94. The Morgan fingerprint density at radius 2 is 1.93 bits per heavy atom. The molecule has 0 fully saturated rings. The fourth-order valence-electron chi connectivity index (χ4n) is 0.980. The van der Waals surface area contributed by atoms with E-state index in [9.17, 15) is 9.67 Å². The number of aliphatic hydroxyl groups excluding tert-OH is 1. The molecule has 0 aliphatic carbocycles. The molecule has 0 rings (SSSR count). The van der Waals surface area contributed by atoms with Gasteiger partial charge < -0.3 is 14.2 Å². The molecule has 0 saturated heterocycles. The lowest BCUT2D eigenvalue weighted by atomic mass is 10.2. The Morgan fingerprint density at radius 1 is 1.47 bits per heavy atom. The van der Waals surface area contributed by atoms with Crippen LogP contribution in [0.5, 0.6) is 0 Å². The molecule has 88 valence electrons. The molecule has 0 amide bonds. The van der Waals surface area contributed by atoms with Crippen molar-refractivity contribution in [2.45, 2.75) is 33.3 Å². The Hall–Kier alpha value is -0.370. The van der Waals surface area contributed by atoms with Gasteiger partial charge in [0.2, 0.25) is 0 Å². The summed E-state index contributed by atoms with van der Waals surface area (Å²) in [6.45, 7) is 5.31. The quantitative estimate of drug-likeness (QED) is 0.587. The average Bonchev–Trinajstić information content (AvgIpc) is 2.23. The van der Waals surface area contributed by atoms with E-state index in [0.29, 0.717) is 0 Å². The van der Waals surface area contributed by atoms with Crippen LogP contribution in [0.15, 0.2) is 16.6 Å². The molecule has 15 heavy (non-hydrogen) atoms. The molecule has 0 spiro atoms. The molecule has 5 heteroatoms. The van der Waals surface area contributed by atoms with Crippen molar-refractivity contribution in [3.8, 4) is 0 Å². The van der Waals surface area contributed by atoms with E-state index in [1.54, 1.807) is 0 Å². The second-order valence-corrected chi connectivity index (χ2v) is 5.39. The van der Waals surface area contributed by atoms with Crippen LogP contribution in [0, 0.1) is 0 Å². The maximum absolute atomic E-state index is 12.0. The fraction of sp³-hybridized carbons (Fsp3) is 0.700. The molecule has 1 unspecified atom stereocenters. The number of aliphatic hydroxyl groups is 1. The van der Waals surface area contributed by atoms with Crippen LogP contribution in [0.4, 0.5) is 0 Å². The lowest BCUT2D eigenvalue weighted by Crippen LogP contribution is -2.07. The standard InChI is InChI=1S/C10H19O4P/c1-6-8(2)7-10(9(3)11)15(12,13-4)14-5/h9,11H,6H2,1-5H3. The highest BCUT2D eigenvalue weighted by atomic mass is 31.2. The molecule has 0 bridgehead atoms. The maximum Gasteiger partial charge on any atom is 0.367 e. The van der Waals surface area contributed by atoms with Gasteiger partial charge in [0.05, 0.1) is 6.10 Å². The molecular formula is C10H19O4P. The van der Waals surface area contributed by atoms with Crippen LogP contribution in [0.2, 0.25) is 0 Å². The van der Waals surface area contributed by atoms with Crippen molar-refractivity contribution in [3.63, 3.8) is 0 Å².